The first-order chi connectivity index (χ1) is 14.0. The molecular weight excluding hydrogens is 410 g/mol. The molecule has 156 valence electrons. The number of phenolic OH excluding ortho intramolecular Hbond substituents is 2. The molecule has 0 amide bonds. The lowest BCUT2D eigenvalue weighted by atomic mass is 9.84. The number of hydrogen-bond donors (Lipinski definition) is 2. The summed E-state index contributed by atoms with van der Waals surface area (Å²) in [7, 11) is 0. The first kappa shape index (κ1) is 20.1. The fourth-order valence-corrected chi connectivity index (χ4v) is 3.86. The highest BCUT2D eigenvalue weighted by atomic mass is 19.4. The van der Waals surface area contributed by atoms with Crippen molar-refractivity contribution in [3.8, 4) is 22.6 Å². The quantitative estimate of drug-likeness (QED) is 0.417. The molecular formula is C22H14F6O2. The van der Waals surface area contributed by atoms with Crippen LogP contribution < -0.4 is 0 Å². The second kappa shape index (κ2) is 6.68. The van der Waals surface area contributed by atoms with Gasteiger partial charge < -0.3 is 10.2 Å². The summed E-state index contributed by atoms with van der Waals surface area (Å²) in [6.07, 6.45) is -6.09. The molecule has 0 saturated carbocycles. The van der Waals surface area contributed by atoms with Gasteiger partial charge in [0.15, 0.2) is 0 Å². The van der Waals surface area contributed by atoms with Crippen molar-refractivity contribution in [1.82, 2.24) is 0 Å². The Labute approximate surface area is 166 Å². The summed E-state index contributed by atoms with van der Waals surface area (Å²) >= 11 is 0. The molecule has 0 bridgehead atoms. The zero-order valence-corrected chi connectivity index (χ0v) is 15.2. The van der Waals surface area contributed by atoms with Crippen LogP contribution in [0.2, 0.25) is 0 Å². The SMILES string of the molecule is Oc1c(C(F)(F)F)cc2c(c1-c1c(O)c(C(F)(F)F)cc3ccccc13)C=CCC2. The molecule has 0 atom stereocenters. The number of rotatable bonds is 1. The average molecular weight is 424 g/mol. The van der Waals surface area contributed by atoms with Gasteiger partial charge in [-0.3, -0.25) is 0 Å². The molecule has 4 rings (SSSR count). The van der Waals surface area contributed by atoms with Gasteiger partial charge in [0.2, 0.25) is 0 Å². The van der Waals surface area contributed by atoms with E-state index in [0.29, 0.717) is 6.42 Å². The summed E-state index contributed by atoms with van der Waals surface area (Å²) in [5.74, 6) is -2.44. The van der Waals surface area contributed by atoms with Crippen LogP contribution in [0.4, 0.5) is 26.3 Å². The smallest absolute Gasteiger partial charge is 0.419 e. The van der Waals surface area contributed by atoms with Crippen LogP contribution in [0.1, 0.15) is 28.7 Å². The molecule has 0 aliphatic heterocycles. The third-order valence-corrected chi connectivity index (χ3v) is 5.17. The molecule has 0 spiro atoms. The summed E-state index contributed by atoms with van der Waals surface area (Å²) in [6, 6.07) is 7.27. The summed E-state index contributed by atoms with van der Waals surface area (Å²) in [5.41, 5.74) is -3.29. The van der Waals surface area contributed by atoms with Gasteiger partial charge in [-0.15, -0.1) is 0 Å². The standard InChI is InChI=1S/C22H14F6O2/c23-21(24,25)15-9-11-5-1-3-7-13(11)17(19(15)29)18-14-8-4-2-6-12(14)10-16(20(18)30)22(26,27)28/h1,3-5,7-10,29-30H,2,6H2. The van der Waals surface area contributed by atoms with E-state index in [1.165, 1.54) is 30.3 Å². The number of phenols is 2. The molecule has 2 nitrogen and oxygen atoms in total. The largest absolute Gasteiger partial charge is 0.507 e. The molecule has 0 heterocycles. The predicted molar refractivity (Wildman–Crippen MR) is 100 cm³/mol. The van der Waals surface area contributed by atoms with Crippen molar-refractivity contribution in [2.24, 2.45) is 0 Å². The van der Waals surface area contributed by atoms with Crippen LogP contribution in [0.5, 0.6) is 11.5 Å². The number of aryl methyl sites for hydroxylation is 1. The zero-order chi connectivity index (χ0) is 21.8. The molecule has 0 fully saturated rings. The van der Waals surface area contributed by atoms with E-state index in [2.05, 4.69) is 0 Å². The van der Waals surface area contributed by atoms with E-state index < -0.39 is 46.1 Å². The van der Waals surface area contributed by atoms with Crippen molar-refractivity contribution in [3.63, 3.8) is 0 Å². The second-order valence-electron chi connectivity index (χ2n) is 7.03. The highest BCUT2D eigenvalue weighted by Crippen LogP contribution is 2.52. The number of aromatic hydroxyl groups is 2. The maximum atomic E-state index is 13.6. The normalized spacial score (nSPS) is 14.2. The van der Waals surface area contributed by atoms with Gasteiger partial charge in [-0.1, -0.05) is 36.4 Å². The average Bonchev–Trinajstić information content (AvgIpc) is 2.66. The molecule has 2 N–H and O–H groups in total. The van der Waals surface area contributed by atoms with Crippen molar-refractivity contribution < 1.29 is 36.6 Å². The highest BCUT2D eigenvalue weighted by Gasteiger charge is 2.40. The Hall–Kier alpha value is -3.16. The van der Waals surface area contributed by atoms with Gasteiger partial charge in [0, 0.05) is 11.1 Å². The predicted octanol–water partition coefficient (Wildman–Crippen LogP) is 6.92. The van der Waals surface area contributed by atoms with Gasteiger partial charge in [0.1, 0.15) is 11.5 Å². The molecule has 3 aromatic carbocycles. The van der Waals surface area contributed by atoms with E-state index >= 15 is 0 Å². The molecule has 0 aromatic heterocycles. The Morgan fingerprint density at radius 1 is 0.767 bits per heavy atom. The van der Waals surface area contributed by atoms with Crippen LogP contribution in [-0.4, -0.2) is 10.2 Å². The van der Waals surface area contributed by atoms with Crippen molar-refractivity contribution in [3.05, 3.63) is 64.7 Å². The van der Waals surface area contributed by atoms with Crippen molar-refractivity contribution in [2.75, 3.05) is 0 Å². The van der Waals surface area contributed by atoms with Crippen LogP contribution >= 0.6 is 0 Å². The van der Waals surface area contributed by atoms with Gasteiger partial charge >= 0.3 is 12.4 Å². The highest BCUT2D eigenvalue weighted by molar-refractivity contribution is 6.04. The Balaban J connectivity index is 2.22. The van der Waals surface area contributed by atoms with E-state index in [1.807, 2.05) is 0 Å². The monoisotopic (exact) mass is 424 g/mol. The van der Waals surface area contributed by atoms with Crippen molar-refractivity contribution in [2.45, 2.75) is 25.2 Å². The summed E-state index contributed by atoms with van der Waals surface area (Å²) in [4.78, 5) is 0. The van der Waals surface area contributed by atoms with Crippen molar-refractivity contribution >= 4 is 16.8 Å². The van der Waals surface area contributed by atoms with E-state index in [9.17, 15) is 36.6 Å². The lowest BCUT2D eigenvalue weighted by Gasteiger charge is -2.23. The first-order valence-corrected chi connectivity index (χ1v) is 8.95. The van der Waals surface area contributed by atoms with Crippen LogP contribution in [-0.2, 0) is 18.8 Å². The topological polar surface area (TPSA) is 40.5 Å². The first-order valence-electron chi connectivity index (χ1n) is 8.95. The molecule has 0 unspecified atom stereocenters. The second-order valence-corrected chi connectivity index (χ2v) is 7.03. The van der Waals surface area contributed by atoms with Gasteiger partial charge in [0.25, 0.3) is 0 Å². The fourth-order valence-electron chi connectivity index (χ4n) is 3.86. The summed E-state index contributed by atoms with van der Waals surface area (Å²) in [6.45, 7) is 0. The van der Waals surface area contributed by atoms with Crippen LogP contribution in [0.15, 0.2) is 42.5 Å². The lowest BCUT2D eigenvalue weighted by Crippen LogP contribution is -2.10. The number of benzene rings is 3. The van der Waals surface area contributed by atoms with Crippen LogP contribution in [0.25, 0.3) is 28.0 Å². The Morgan fingerprint density at radius 2 is 1.37 bits per heavy atom. The van der Waals surface area contributed by atoms with Gasteiger partial charge in [-0.25, -0.2) is 0 Å². The summed E-state index contributed by atoms with van der Waals surface area (Å²) in [5, 5.41) is 21.3. The fraction of sp³-hybridized carbons (Fsp3) is 0.182. The van der Waals surface area contributed by atoms with E-state index in [4.69, 9.17) is 0 Å². The lowest BCUT2D eigenvalue weighted by molar-refractivity contribution is -0.139. The number of hydrogen-bond acceptors (Lipinski definition) is 2. The molecule has 0 saturated heterocycles. The molecule has 0 radical (unpaired) electrons. The third kappa shape index (κ3) is 3.16. The number of alkyl halides is 6. The van der Waals surface area contributed by atoms with E-state index in [0.717, 1.165) is 12.1 Å². The minimum Gasteiger partial charge on any atom is -0.507 e. The minimum atomic E-state index is -4.95. The Bertz CT molecular complexity index is 1190. The Kier molecular flexibility index (Phi) is 4.48. The van der Waals surface area contributed by atoms with E-state index in [-0.39, 0.29) is 28.3 Å². The maximum Gasteiger partial charge on any atom is 0.419 e. The zero-order valence-electron chi connectivity index (χ0n) is 15.2. The van der Waals surface area contributed by atoms with Gasteiger partial charge in [-0.2, -0.15) is 26.3 Å². The minimum absolute atomic E-state index is 0.0722. The molecule has 30 heavy (non-hydrogen) atoms. The van der Waals surface area contributed by atoms with Gasteiger partial charge in [-0.05, 0) is 46.9 Å². The molecule has 3 aromatic rings. The third-order valence-electron chi connectivity index (χ3n) is 5.17. The molecule has 1 aliphatic rings. The van der Waals surface area contributed by atoms with Crippen LogP contribution in [0, 0.1) is 0 Å². The van der Waals surface area contributed by atoms with Crippen molar-refractivity contribution in [1.29, 1.82) is 0 Å². The summed E-state index contributed by atoms with van der Waals surface area (Å²) < 4.78 is 81.4. The number of halogens is 6. The van der Waals surface area contributed by atoms with Gasteiger partial charge in [0.05, 0.1) is 11.1 Å². The molecule has 8 heteroatoms. The maximum absolute atomic E-state index is 13.6. The number of allylic oxidation sites excluding steroid dienone is 1. The molecule has 1 aliphatic carbocycles. The van der Waals surface area contributed by atoms with E-state index in [1.54, 1.807) is 6.08 Å². The Morgan fingerprint density at radius 3 is 2.03 bits per heavy atom. The number of fused-ring (bicyclic) bond motifs is 2. The van der Waals surface area contributed by atoms with Crippen LogP contribution in [0.3, 0.4) is 0 Å².